The third-order valence-electron chi connectivity index (χ3n) is 4.69. The van der Waals surface area contributed by atoms with Crippen molar-refractivity contribution in [3.05, 3.63) is 71.0 Å². The van der Waals surface area contributed by atoms with Crippen LogP contribution in [0.2, 0.25) is 0 Å². The van der Waals surface area contributed by atoms with Crippen molar-refractivity contribution in [1.82, 2.24) is 14.8 Å². The van der Waals surface area contributed by atoms with E-state index >= 15 is 0 Å². The number of amides is 1. The average molecular weight is 381 g/mol. The maximum Gasteiger partial charge on any atom is 0.246 e. The summed E-state index contributed by atoms with van der Waals surface area (Å²) in [4.78, 5) is 21.2. The van der Waals surface area contributed by atoms with Gasteiger partial charge in [0, 0.05) is 37.8 Å². The van der Waals surface area contributed by atoms with Gasteiger partial charge in [0.2, 0.25) is 5.91 Å². The minimum absolute atomic E-state index is 0.0714. The second-order valence-electron chi connectivity index (χ2n) is 6.53. The van der Waals surface area contributed by atoms with Crippen LogP contribution in [0.4, 0.5) is 4.39 Å². The maximum absolute atomic E-state index is 13.6. The number of hydrogen-bond donors (Lipinski definition) is 0. The molecule has 1 aliphatic heterocycles. The smallest absolute Gasteiger partial charge is 0.246 e. The summed E-state index contributed by atoms with van der Waals surface area (Å²) in [5.41, 5.74) is 1.48. The summed E-state index contributed by atoms with van der Waals surface area (Å²) in [5.74, 6) is -0.389. The van der Waals surface area contributed by atoms with Gasteiger partial charge in [0.1, 0.15) is 10.8 Å². The van der Waals surface area contributed by atoms with Crippen molar-refractivity contribution >= 4 is 33.5 Å². The van der Waals surface area contributed by atoms with E-state index in [1.165, 1.54) is 16.8 Å². The van der Waals surface area contributed by atoms with Gasteiger partial charge in [-0.3, -0.25) is 9.69 Å². The van der Waals surface area contributed by atoms with Crippen molar-refractivity contribution in [2.24, 2.45) is 0 Å². The van der Waals surface area contributed by atoms with Crippen LogP contribution >= 0.6 is 11.3 Å². The van der Waals surface area contributed by atoms with Crippen molar-refractivity contribution in [3.63, 3.8) is 0 Å². The Morgan fingerprint density at radius 2 is 1.81 bits per heavy atom. The predicted molar refractivity (Wildman–Crippen MR) is 107 cm³/mol. The lowest BCUT2D eigenvalue weighted by Gasteiger charge is -2.33. The molecule has 2 heterocycles. The number of thiazole rings is 1. The van der Waals surface area contributed by atoms with Gasteiger partial charge in [0.05, 0.1) is 16.8 Å². The van der Waals surface area contributed by atoms with E-state index in [1.807, 2.05) is 23.1 Å². The number of piperazine rings is 1. The molecule has 0 bridgehead atoms. The Morgan fingerprint density at radius 1 is 1.07 bits per heavy atom. The second kappa shape index (κ2) is 7.98. The van der Waals surface area contributed by atoms with Crippen molar-refractivity contribution in [1.29, 1.82) is 0 Å². The number of benzene rings is 2. The molecule has 0 saturated carbocycles. The highest BCUT2D eigenvalue weighted by Crippen LogP contribution is 2.23. The molecule has 0 aliphatic carbocycles. The Kier molecular flexibility index (Phi) is 5.27. The van der Waals surface area contributed by atoms with Gasteiger partial charge in [-0.2, -0.15) is 0 Å². The zero-order valence-electron chi connectivity index (χ0n) is 14.8. The first-order chi connectivity index (χ1) is 13.2. The second-order valence-corrected chi connectivity index (χ2v) is 7.65. The topological polar surface area (TPSA) is 36.4 Å². The van der Waals surface area contributed by atoms with Crippen molar-refractivity contribution < 1.29 is 9.18 Å². The van der Waals surface area contributed by atoms with Crippen LogP contribution in [-0.2, 0) is 11.3 Å². The first-order valence-electron chi connectivity index (χ1n) is 8.97. The molecule has 0 radical (unpaired) electrons. The fraction of sp³-hybridized carbons (Fsp3) is 0.238. The Bertz CT molecular complexity index is 943. The van der Waals surface area contributed by atoms with Crippen molar-refractivity contribution in [3.8, 4) is 0 Å². The zero-order valence-corrected chi connectivity index (χ0v) is 15.7. The number of halogens is 1. The minimum Gasteiger partial charge on any atom is -0.337 e. The van der Waals surface area contributed by atoms with Gasteiger partial charge in [-0.05, 0) is 24.3 Å². The number of hydrogen-bond acceptors (Lipinski definition) is 4. The lowest BCUT2D eigenvalue weighted by molar-refractivity contribution is -0.127. The molecule has 6 heteroatoms. The van der Waals surface area contributed by atoms with Crippen LogP contribution in [0.15, 0.2) is 54.6 Å². The summed E-state index contributed by atoms with van der Waals surface area (Å²) in [5, 5.41) is 1.11. The number of carbonyl (C=O) groups is 1. The molecule has 1 fully saturated rings. The van der Waals surface area contributed by atoms with Crippen molar-refractivity contribution in [2.75, 3.05) is 26.2 Å². The minimum atomic E-state index is -0.317. The van der Waals surface area contributed by atoms with Crippen molar-refractivity contribution in [2.45, 2.75) is 6.54 Å². The van der Waals surface area contributed by atoms with E-state index in [4.69, 9.17) is 0 Å². The van der Waals surface area contributed by atoms with Gasteiger partial charge in [0.15, 0.2) is 0 Å². The number of fused-ring (bicyclic) bond motifs is 1. The quantitative estimate of drug-likeness (QED) is 0.645. The van der Waals surface area contributed by atoms with E-state index < -0.39 is 0 Å². The van der Waals surface area contributed by atoms with Gasteiger partial charge in [-0.1, -0.05) is 30.3 Å². The van der Waals surface area contributed by atoms with E-state index in [1.54, 1.807) is 35.6 Å². The predicted octanol–water partition coefficient (Wildman–Crippen LogP) is 3.79. The number of para-hydroxylation sites is 1. The average Bonchev–Trinajstić information content (AvgIpc) is 3.10. The van der Waals surface area contributed by atoms with E-state index in [0.717, 1.165) is 30.2 Å². The molecular formula is C21H20FN3OS. The van der Waals surface area contributed by atoms with E-state index in [0.29, 0.717) is 18.7 Å². The van der Waals surface area contributed by atoms with Gasteiger partial charge in [0.25, 0.3) is 0 Å². The summed E-state index contributed by atoms with van der Waals surface area (Å²) < 4.78 is 14.8. The standard InChI is InChI=1S/C21H20FN3OS/c22-17-6-2-1-5-16(17)9-10-21(26)25-13-11-24(12-14-25)15-20-23-18-7-3-4-8-19(18)27-20/h1-10H,11-15H2/b10-9+. The summed E-state index contributed by atoms with van der Waals surface area (Å²) in [6.45, 7) is 3.79. The third-order valence-corrected chi connectivity index (χ3v) is 5.71. The lowest BCUT2D eigenvalue weighted by atomic mass is 10.2. The summed E-state index contributed by atoms with van der Waals surface area (Å²) in [7, 11) is 0. The Labute approximate surface area is 161 Å². The highest BCUT2D eigenvalue weighted by Gasteiger charge is 2.20. The normalized spacial score (nSPS) is 15.7. The SMILES string of the molecule is O=C(/C=C/c1ccccc1F)N1CCN(Cc2nc3ccccc3s2)CC1. The molecule has 138 valence electrons. The number of aromatic nitrogens is 1. The fourth-order valence-electron chi connectivity index (χ4n) is 3.18. The summed E-state index contributed by atoms with van der Waals surface area (Å²) in [6.07, 6.45) is 3.01. The highest BCUT2D eigenvalue weighted by atomic mass is 32.1. The Hall–Kier alpha value is -2.57. The lowest BCUT2D eigenvalue weighted by Crippen LogP contribution is -2.47. The van der Waals surface area contributed by atoms with E-state index in [-0.39, 0.29) is 11.7 Å². The first kappa shape index (κ1) is 17.8. The molecular weight excluding hydrogens is 361 g/mol. The third kappa shape index (κ3) is 4.23. The number of rotatable bonds is 4. The molecule has 1 aliphatic rings. The van der Waals surface area contributed by atoms with Crippen LogP contribution in [0.5, 0.6) is 0 Å². The molecule has 2 aromatic carbocycles. The molecule has 0 N–H and O–H groups in total. The Morgan fingerprint density at radius 3 is 2.59 bits per heavy atom. The van der Waals surface area contributed by atoms with Crippen LogP contribution in [0.3, 0.4) is 0 Å². The molecule has 0 spiro atoms. The van der Waals surface area contributed by atoms with Crippen LogP contribution < -0.4 is 0 Å². The van der Waals surface area contributed by atoms with Gasteiger partial charge in [-0.25, -0.2) is 9.37 Å². The monoisotopic (exact) mass is 381 g/mol. The number of carbonyl (C=O) groups excluding carboxylic acids is 1. The molecule has 1 aromatic heterocycles. The van der Waals surface area contributed by atoms with Gasteiger partial charge >= 0.3 is 0 Å². The van der Waals surface area contributed by atoms with Crippen LogP contribution in [0, 0.1) is 5.82 Å². The molecule has 1 saturated heterocycles. The molecule has 27 heavy (non-hydrogen) atoms. The van der Waals surface area contributed by atoms with E-state index in [9.17, 15) is 9.18 Å². The first-order valence-corrected chi connectivity index (χ1v) is 9.79. The highest BCUT2D eigenvalue weighted by molar-refractivity contribution is 7.18. The zero-order chi connectivity index (χ0) is 18.6. The van der Waals surface area contributed by atoms with E-state index in [2.05, 4.69) is 16.0 Å². The summed E-state index contributed by atoms with van der Waals surface area (Å²) in [6, 6.07) is 14.6. The van der Waals surface area contributed by atoms with Crippen LogP contribution in [0.1, 0.15) is 10.6 Å². The molecule has 3 aromatic rings. The largest absolute Gasteiger partial charge is 0.337 e. The maximum atomic E-state index is 13.6. The Balaban J connectivity index is 1.31. The van der Waals surface area contributed by atoms with Crippen LogP contribution in [-0.4, -0.2) is 46.9 Å². The molecule has 0 unspecified atom stereocenters. The molecule has 4 nitrogen and oxygen atoms in total. The molecule has 0 atom stereocenters. The molecule has 4 rings (SSSR count). The number of nitrogens with zero attached hydrogens (tertiary/aromatic N) is 3. The van der Waals surface area contributed by atoms with Crippen LogP contribution in [0.25, 0.3) is 16.3 Å². The summed E-state index contributed by atoms with van der Waals surface area (Å²) >= 11 is 1.73. The molecule has 1 amide bonds. The fourth-order valence-corrected chi connectivity index (χ4v) is 4.19. The van der Waals surface area contributed by atoms with Gasteiger partial charge < -0.3 is 4.90 Å². The van der Waals surface area contributed by atoms with Gasteiger partial charge in [-0.15, -0.1) is 11.3 Å².